The van der Waals surface area contributed by atoms with Gasteiger partial charge in [0.2, 0.25) is 5.91 Å². The third-order valence-electron chi connectivity index (χ3n) is 3.26. The van der Waals surface area contributed by atoms with Gasteiger partial charge >= 0.3 is 6.09 Å². The zero-order chi connectivity index (χ0) is 13.8. The van der Waals surface area contributed by atoms with Gasteiger partial charge in [0.05, 0.1) is 12.0 Å². The molecule has 0 unspecified atom stereocenters. The summed E-state index contributed by atoms with van der Waals surface area (Å²) in [7, 11) is 0. The van der Waals surface area contributed by atoms with E-state index in [1.807, 2.05) is 30.3 Å². The van der Waals surface area contributed by atoms with E-state index in [1.54, 1.807) is 6.92 Å². The fourth-order valence-electron chi connectivity index (χ4n) is 2.09. The van der Waals surface area contributed by atoms with E-state index in [0.29, 0.717) is 6.42 Å². The van der Waals surface area contributed by atoms with E-state index in [4.69, 9.17) is 4.74 Å². The minimum absolute atomic E-state index is 0.232. The molecule has 1 aromatic carbocycles. The summed E-state index contributed by atoms with van der Waals surface area (Å²) < 4.78 is 5.00. The molecule has 0 radical (unpaired) electrons. The van der Waals surface area contributed by atoms with Gasteiger partial charge in [0, 0.05) is 0 Å². The zero-order valence-corrected chi connectivity index (χ0v) is 10.9. The summed E-state index contributed by atoms with van der Waals surface area (Å²) in [6.07, 6.45) is 1.59. The first-order valence-electron chi connectivity index (χ1n) is 6.29. The number of imide groups is 1. The van der Waals surface area contributed by atoms with Crippen molar-refractivity contribution in [3.8, 4) is 0 Å². The predicted molar refractivity (Wildman–Crippen MR) is 71.5 cm³/mol. The van der Waals surface area contributed by atoms with Crippen LogP contribution in [0, 0.1) is 5.92 Å². The van der Waals surface area contributed by atoms with Crippen LogP contribution in [0.25, 0.3) is 0 Å². The maximum Gasteiger partial charge on any atom is 0.417 e. The summed E-state index contributed by atoms with van der Waals surface area (Å²) in [5.74, 6) is -0.637. The molecule has 1 heterocycles. The van der Waals surface area contributed by atoms with Crippen LogP contribution in [0.2, 0.25) is 0 Å². The topological polar surface area (TPSA) is 46.6 Å². The van der Waals surface area contributed by atoms with E-state index >= 15 is 0 Å². The summed E-state index contributed by atoms with van der Waals surface area (Å²) in [5.41, 5.74) is 1.08. The van der Waals surface area contributed by atoms with Gasteiger partial charge in [-0.3, -0.25) is 4.79 Å². The molecule has 0 aliphatic carbocycles. The third kappa shape index (κ3) is 2.84. The minimum Gasteiger partial charge on any atom is -0.447 e. The summed E-state index contributed by atoms with van der Waals surface area (Å²) in [4.78, 5) is 25.0. The molecule has 0 spiro atoms. The standard InChI is InChI=1S/C15H17NO3/c1-3-11(2)14(17)16-13(10-19-15(16)18)9-12-7-5-4-6-8-12/h3-8,11,13H,1,9-10H2,2H3/t11-,13-/m1/s1. The number of amides is 2. The SMILES string of the molecule is C=C[C@@H](C)C(=O)N1C(=O)OC[C@H]1Cc1ccccc1. The van der Waals surface area contributed by atoms with Crippen LogP contribution in [0.1, 0.15) is 12.5 Å². The molecule has 1 fully saturated rings. The van der Waals surface area contributed by atoms with Gasteiger partial charge in [-0.2, -0.15) is 0 Å². The Morgan fingerprint density at radius 3 is 2.84 bits per heavy atom. The van der Waals surface area contributed by atoms with E-state index in [2.05, 4.69) is 6.58 Å². The maximum atomic E-state index is 12.1. The number of hydrogen-bond acceptors (Lipinski definition) is 3. The van der Waals surface area contributed by atoms with Crippen LogP contribution in [0.15, 0.2) is 43.0 Å². The summed E-state index contributed by atoms with van der Waals surface area (Å²) >= 11 is 0. The second kappa shape index (κ2) is 5.69. The van der Waals surface area contributed by atoms with Crippen molar-refractivity contribution in [2.24, 2.45) is 5.92 Å². The highest BCUT2D eigenvalue weighted by atomic mass is 16.6. The van der Waals surface area contributed by atoms with E-state index in [9.17, 15) is 9.59 Å². The first-order chi connectivity index (χ1) is 9.13. The number of ether oxygens (including phenoxy) is 1. The summed E-state index contributed by atoms with van der Waals surface area (Å²) in [6.45, 7) is 5.56. The monoisotopic (exact) mass is 259 g/mol. The molecule has 2 atom stereocenters. The highest BCUT2D eigenvalue weighted by Crippen LogP contribution is 2.20. The normalized spacial score (nSPS) is 19.9. The lowest BCUT2D eigenvalue weighted by Gasteiger charge is -2.21. The molecule has 0 saturated carbocycles. The van der Waals surface area contributed by atoms with Gasteiger partial charge in [-0.1, -0.05) is 43.3 Å². The zero-order valence-electron chi connectivity index (χ0n) is 10.9. The number of nitrogens with zero attached hydrogens (tertiary/aromatic N) is 1. The van der Waals surface area contributed by atoms with E-state index in [1.165, 1.54) is 11.0 Å². The van der Waals surface area contributed by atoms with Crippen molar-refractivity contribution in [2.45, 2.75) is 19.4 Å². The van der Waals surface area contributed by atoms with Gasteiger partial charge in [0.15, 0.2) is 0 Å². The lowest BCUT2D eigenvalue weighted by atomic mass is 10.0. The predicted octanol–water partition coefficient (Wildman–Crippen LogP) is 2.40. The summed E-state index contributed by atoms with van der Waals surface area (Å²) in [6, 6.07) is 9.52. The number of carbonyl (C=O) groups excluding carboxylic acids is 2. The molecule has 0 bridgehead atoms. The molecule has 0 aromatic heterocycles. The highest BCUT2D eigenvalue weighted by molar-refractivity contribution is 5.95. The Morgan fingerprint density at radius 2 is 2.21 bits per heavy atom. The Labute approximate surface area is 112 Å². The second-order valence-corrected chi connectivity index (χ2v) is 4.65. The second-order valence-electron chi connectivity index (χ2n) is 4.65. The maximum absolute atomic E-state index is 12.1. The molecule has 2 amide bonds. The number of hydrogen-bond donors (Lipinski definition) is 0. The van der Waals surface area contributed by atoms with Gasteiger partial charge < -0.3 is 4.74 Å². The molecule has 19 heavy (non-hydrogen) atoms. The van der Waals surface area contributed by atoms with Crippen molar-refractivity contribution < 1.29 is 14.3 Å². The van der Waals surface area contributed by atoms with Crippen molar-refractivity contribution in [1.29, 1.82) is 0 Å². The molecule has 4 nitrogen and oxygen atoms in total. The number of carbonyl (C=O) groups is 2. The Bertz CT molecular complexity index is 483. The van der Waals surface area contributed by atoms with Gasteiger partial charge in [0.25, 0.3) is 0 Å². The minimum atomic E-state index is -0.556. The van der Waals surface area contributed by atoms with Crippen molar-refractivity contribution in [3.05, 3.63) is 48.6 Å². The van der Waals surface area contributed by atoms with E-state index in [0.717, 1.165) is 5.56 Å². The molecule has 100 valence electrons. The first kappa shape index (κ1) is 13.3. The molecular formula is C15H17NO3. The molecule has 1 aliphatic heterocycles. The largest absolute Gasteiger partial charge is 0.447 e. The van der Waals surface area contributed by atoms with Crippen LogP contribution >= 0.6 is 0 Å². The van der Waals surface area contributed by atoms with Crippen LogP contribution < -0.4 is 0 Å². The van der Waals surface area contributed by atoms with Crippen LogP contribution in [-0.4, -0.2) is 29.5 Å². The first-order valence-corrected chi connectivity index (χ1v) is 6.29. The Balaban J connectivity index is 2.13. The quantitative estimate of drug-likeness (QED) is 0.780. The molecule has 1 aromatic rings. The van der Waals surface area contributed by atoms with Crippen molar-refractivity contribution >= 4 is 12.0 Å². The highest BCUT2D eigenvalue weighted by Gasteiger charge is 2.38. The van der Waals surface area contributed by atoms with Crippen LogP contribution in [0.3, 0.4) is 0 Å². The molecular weight excluding hydrogens is 242 g/mol. The number of rotatable bonds is 4. The lowest BCUT2D eigenvalue weighted by molar-refractivity contribution is -0.131. The number of benzene rings is 1. The molecule has 1 aliphatic rings. The van der Waals surface area contributed by atoms with Gasteiger partial charge in [-0.15, -0.1) is 6.58 Å². The molecule has 2 rings (SSSR count). The Kier molecular flexibility index (Phi) is 4.00. The Morgan fingerprint density at radius 1 is 1.53 bits per heavy atom. The van der Waals surface area contributed by atoms with Crippen LogP contribution in [-0.2, 0) is 16.0 Å². The molecule has 1 saturated heterocycles. The average Bonchev–Trinajstić information content (AvgIpc) is 2.79. The molecule has 4 heteroatoms. The number of cyclic esters (lactones) is 1. The van der Waals surface area contributed by atoms with Gasteiger partial charge in [-0.05, 0) is 12.0 Å². The van der Waals surface area contributed by atoms with Crippen LogP contribution in [0.4, 0.5) is 4.79 Å². The lowest BCUT2D eigenvalue weighted by Crippen LogP contribution is -2.42. The Hall–Kier alpha value is -2.10. The molecule has 0 N–H and O–H groups in total. The third-order valence-corrected chi connectivity index (χ3v) is 3.26. The smallest absolute Gasteiger partial charge is 0.417 e. The average molecular weight is 259 g/mol. The van der Waals surface area contributed by atoms with Crippen LogP contribution in [0.5, 0.6) is 0 Å². The van der Waals surface area contributed by atoms with Crippen molar-refractivity contribution in [3.63, 3.8) is 0 Å². The van der Waals surface area contributed by atoms with Gasteiger partial charge in [0.1, 0.15) is 6.61 Å². The van der Waals surface area contributed by atoms with E-state index in [-0.39, 0.29) is 24.5 Å². The summed E-state index contributed by atoms with van der Waals surface area (Å²) in [5, 5.41) is 0. The van der Waals surface area contributed by atoms with Crippen molar-refractivity contribution in [1.82, 2.24) is 4.90 Å². The fraction of sp³-hybridized carbons (Fsp3) is 0.333. The van der Waals surface area contributed by atoms with E-state index < -0.39 is 6.09 Å². The van der Waals surface area contributed by atoms with Gasteiger partial charge in [-0.25, -0.2) is 9.69 Å². The fourth-order valence-corrected chi connectivity index (χ4v) is 2.09. The van der Waals surface area contributed by atoms with Crippen molar-refractivity contribution in [2.75, 3.05) is 6.61 Å².